The number of aromatic nitrogens is 2. The number of para-hydroxylation sites is 4. The van der Waals surface area contributed by atoms with Gasteiger partial charge in [0.2, 0.25) is 0 Å². The summed E-state index contributed by atoms with van der Waals surface area (Å²) >= 11 is 1.80. The van der Waals surface area contributed by atoms with Crippen LogP contribution in [0.5, 0.6) is 0 Å². The molecule has 14 aromatic carbocycles. The van der Waals surface area contributed by atoms with Crippen molar-refractivity contribution in [3.8, 4) is 22.5 Å². The molecule has 0 aliphatic heterocycles. The summed E-state index contributed by atoms with van der Waals surface area (Å²) in [6, 6.07) is 110. The fourth-order valence-electron chi connectivity index (χ4n) is 13.2. The Kier molecular flexibility index (Phi) is 10.8. The van der Waals surface area contributed by atoms with E-state index in [9.17, 15) is 0 Å². The molecular formula is C78H50N4S. The molecule has 5 heteroatoms. The van der Waals surface area contributed by atoms with Gasteiger partial charge in [0, 0.05) is 66.7 Å². The SMILES string of the molecule is c1ccc(-n2c3ccccc3c3cc(N(c4ccc(-c5ccc(N(c6ccc7cc8ccccc8cc7c6)c6ccc7c(c6)c6ccccc6n7-c6ccccc6)c6sccc56)cc4)c4ccc5cc6ccccc6cc5c4)ccc32)cc1. The fourth-order valence-corrected chi connectivity index (χ4v) is 14.1. The summed E-state index contributed by atoms with van der Waals surface area (Å²) in [6.07, 6.45) is 0. The molecule has 17 rings (SSSR count). The van der Waals surface area contributed by atoms with Gasteiger partial charge in [-0.05, 0) is 205 Å². The molecule has 3 heterocycles. The lowest BCUT2D eigenvalue weighted by Crippen LogP contribution is -2.10. The van der Waals surface area contributed by atoms with Gasteiger partial charge in [-0.3, -0.25) is 0 Å². The number of benzene rings is 14. The highest BCUT2D eigenvalue weighted by molar-refractivity contribution is 7.18. The molecule has 4 nitrogen and oxygen atoms in total. The molecular weight excluding hydrogens is 1020 g/mol. The fraction of sp³-hybridized carbons (Fsp3) is 0. The van der Waals surface area contributed by atoms with Gasteiger partial charge < -0.3 is 18.9 Å². The van der Waals surface area contributed by atoms with Gasteiger partial charge >= 0.3 is 0 Å². The van der Waals surface area contributed by atoms with Gasteiger partial charge in [-0.1, -0.05) is 152 Å². The van der Waals surface area contributed by atoms with Crippen molar-refractivity contribution in [2.75, 3.05) is 9.80 Å². The van der Waals surface area contributed by atoms with Crippen LogP contribution in [-0.2, 0) is 0 Å². The van der Waals surface area contributed by atoms with Gasteiger partial charge in [-0.25, -0.2) is 0 Å². The molecule has 0 unspecified atom stereocenters. The molecule has 0 aliphatic carbocycles. The van der Waals surface area contributed by atoms with E-state index in [-0.39, 0.29) is 0 Å². The number of fused-ring (bicyclic) bond motifs is 11. The van der Waals surface area contributed by atoms with Gasteiger partial charge in [0.15, 0.2) is 0 Å². The summed E-state index contributed by atoms with van der Waals surface area (Å²) in [5, 5.41) is 18.1. The van der Waals surface area contributed by atoms with Crippen LogP contribution in [0.2, 0.25) is 0 Å². The van der Waals surface area contributed by atoms with Crippen molar-refractivity contribution in [2.45, 2.75) is 0 Å². The van der Waals surface area contributed by atoms with E-state index in [1.54, 1.807) is 11.3 Å². The average molecular weight is 1080 g/mol. The predicted octanol–water partition coefficient (Wildman–Crippen LogP) is 22.3. The molecule has 83 heavy (non-hydrogen) atoms. The third-order valence-electron chi connectivity index (χ3n) is 17.0. The molecule has 0 amide bonds. The van der Waals surface area contributed by atoms with Crippen molar-refractivity contribution < 1.29 is 0 Å². The van der Waals surface area contributed by atoms with Crippen LogP contribution >= 0.6 is 11.3 Å². The third kappa shape index (κ3) is 7.74. The van der Waals surface area contributed by atoms with E-state index >= 15 is 0 Å². The molecule has 0 atom stereocenters. The predicted molar refractivity (Wildman–Crippen MR) is 355 cm³/mol. The highest BCUT2D eigenvalue weighted by Gasteiger charge is 2.23. The van der Waals surface area contributed by atoms with Crippen LogP contribution in [0, 0.1) is 0 Å². The Bertz CT molecular complexity index is 5400. The Morgan fingerprint density at radius 1 is 0.253 bits per heavy atom. The normalized spacial score (nSPS) is 11.9. The number of hydrogen-bond donors (Lipinski definition) is 0. The van der Waals surface area contributed by atoms with Crippen molar-refractivity contribution in [3.05, 3.63) is 303 Å². The van der Waals surface area contributed by atoms with Crippen molar-refractivity contribution in [2.24, 2.45) is 0 Å². The molecule has 0 N–H and O–H groups in total. The van der Waals surface area contributed by atoms with E-state index in [0.717, 1.165) is 51.1 Å². The number of nitrogens with zero attached hydrogens (tertiary/aromatic N) is 4. The summed E-state index contributed by atoms with van der Waals surface area (Å²) in [7, 11) is 0. The zero-order chi connectivity index (χ0) is 54.5. The third-order valence-corrected chi connectivity index (χ3v) is 18.0. The first-order chi connectivity index (χ1) is 41.1. The monoisotopic (exact) mass is 1070 g/mol. The molecule has 17 aromatic rings. The zero-order valence-electron chi connectivity index (χ0n) is 45.1. The Hall–Kier alpha value is -10.7. The summed E-state index contributed by atoms with van der Waals surface area (Å²) < 4.78 is 6.01. The van der Waals surface area contributed by atoms with Crippen molar-refractivity contribution in [1.82, 2.24) is 9.13 Å². The minimum Gasteiger partial charge on any atom is -0.310 e. The Balaban J connectivity index is 0.810. The zero-order valence-corrected chi connectivity index (χ0v) is 45.9. The molecule has 0 bridgehead atoms. The van der Waals surface area contributed by atoms with Crippen LogP contribution in [0.15, 0.2) is 303 Å². The molecule has 388 valence electrons. The second-order valence-corrected chi connectivity index (χ2v) is 22.7. The second kappa shape index (κ2) is 19.0. The molecule has 0 spiro atoms. The van der Waals surface area contributed by atoms with E-state index in [4.69, 9.17) is 0 Å². The van der Waals surface area contributed by atoms with Crippen molar-refractivity contribution in [3.63, 3.8) is 0 Å². The molecule has 0 fully saturated rings. The lowest BCUT2D eigenvalue weighted by atomic mass is 9.99. The van der Waals surface area contributed by atoms with Gasteiger partial charge in [0.25, 0.3) is 0 Å². The van der Waals surface area contributed by atoms with Gasteiger partial charge in [0.05, 0.1) is 32.5 Å². The quantitative estimate of drug-likeness (QED) is 0.134. The molecule has 3 aromatic heterocycles. The molecule has 0 radical (unpaired) electrons. The van der Waals surface area contributed by atoms with E-state index < -0.39 is 0 Å². The second-order valence-electron chi connectivity index (χ2n) is 21.8. The number of anilines is 6. The minimum atomic E-state index is 1.08. The lowest BCUT2D eigenvalue weighted by molar-refractivity contribution is 1.18. The molecule has 0 saturated carbocycles. The van der Waals surface area contributed by atoms with Crippen LogP contribution in [-0.4, -0.2) is 9.13 Å². The maximum Gasteiger partial charge on any atom is 0.0640 e. The van der Waals surface area contributed by atoms with E-state index in [1.165, 1.54) is 102 Å². The Morgan fingerprint density at radius 3 is 1.20 bits per heavy atom. The topological polar surface area (TPSA) is 16.3 Å². The first-order valence-electron chi connectivity index (χ1n) is 28.4. The van der Waals surface area contributed by atoms with Crippen molar-refractivity contribution >= 4 is 142 Å². The number of thiophene rings is 1. The van der Waals surface area contributed by atoms with Gasteiger partial charge in [0.1, 0.15) is 0 Å². The number of hydrogen-bond acceptors (Lipinski definition) is 3. The van der Waals surface area contributed by atoms with Gasteiger partial charge in [-0.15, -0.1) is 11.3 Å². The van der Waals surface area contributed by atoms with Crippen LogP contribution in [0.25, 0.3) is 119 Å². The smallest absolute Gasteiger partial charge is 0.0640 e. The van der Waals surface area contributed by atoms with Crippen LogP contribution < -0.4 is 9.80 Å². The highest BCUT2D eigenvalue weighted by Crippen LogP contribution is 2.48. The largest absolute Gasteiger partial charge is 0.310 e. The summed E-state index contributed by atoms with van der Waals surface area (Å²) in [5.41, 5.74) is 16.0. The average Bonchev–Trinajstić information content (AvgIpc) is 4.36. The standard InChI is InChI=1S/C78H50N4S/c1-3-19-60(20-4-1)81-73-25-13-11-23-68(73)71-49-65(35-38-75(71)81)79(63-33-29-56-43-52-15-7-9-17-54(52)45-58(56)47-63)62-31-27-51(28-32-62)67-37-40-77(78-70(67)41-42-83-78)80(64-34-30-57-44-53-16-8-10-18-55(53)46-59(57)48-64)66-36-39-76-72(50-66)69-24-12-14-26-74(69)82(76)61-21-5-2-6-22-61/h1-50H. The van der Waals surface area contributed by atoms with E-state index in [2.05, 4.69) is 322 Å². The van der Waals surface area contributed by atoms with Gasteiger partial charge in [-0.2, -0.15) is 0 Å². The Morgan fingerprint density at radius 2 is 0.663 bits per heavy atom. The van der Waals surface area contributed by atoms with Crippen molar-refractivity contribution in [1.29, 1.82) is 0 Å². The van der Waals surface area contributed by atoms with E-state index in [1.807, 2.05) is 0 Å². The summed E-state index contributed by atoms with van der Waals surface area (Å²) in [5.74, 6) is 0. The summed E-state index contributed by atoms with van der Waals surface area (Å²) in [6.45, 7) is 0. The van der Waals surface area contributed by atoms with Crippen LogP contribution in [0.3, 0.4) is 0 Å². The number of rotatable bonds is 9. The molecule has 0 aliphatic rings. The summed E-state index contributed by atoms with van der Waals surface area (Å²) in [4.78, 5) is 4.90. The maximum absolute atomic E-state index is 2.48. The Labute approximate surface area is 483 Å². The van der Waals surface area contributed by atoms with Crippen LogP contribution in [0.4, 0.5) is 34.1 Å². The first-order valence-corrected chi connectivity index (χ1v) is 29.2. The molecule has 0 saturated heterocycles. The highest BCUT2D eigenvalue weighted by atomic mass is 32.1. The van der Waals surface area contributed by atoms with Crippen LogP contribution in [0.1, 0.15) is 0 Å². The first kappa shape index (κ1) is 47.1. The minimum absolute atomic E-state index is 1.08. The lowest BCUT2D eigenvalue weighted by Gasteiger charge is -2.27. The maximum atomic E-state index is 2.48. The van der Waals surface area contributed by atoms with E-state index in [0.29, 0.717) is 0 Å².